The van der Waals surface area contributed by atoms with Gasteiger partial charge in [0.05, 0.1) is 6.04 Å². The number of nitrogens with zero attached hydrogens (tertiary/aromatic N) is 3. The molecule has 1 fully saturated rings. The number of aryl methyl sites for hydroxylation is 1. The van der Waals surface area contributed by atoms with Crippen LogP contribution >= 0.6 is 0 Å². The van der Waals surface area contributed by atoms with E-state index in [4.69, 9.17) is 4.52 Å². The van der Waals surface area contributed by atoms with Gasteiger partial charge in [-0.05, 0) is 35.7 Å². The molecule has 0 unspecified atom stereocenters. The maximum atomic E-state index is 12.7. The van der Waals surface area contributed by atoms with Crippen molar-refractivity contribution in [2.75, 3.05) is 13.1 Å². The number of nitrogens with one attached hydrogen (secondary N) is 1. The van der Waals surface area contributed by atoms with Crippen LogP contribution in [0, 0.1) is 12.8 Å². The SMILES string of the molecule is Cc1cc(C(=O)N[C@@H]2c3ccccc3[C@@H]3CN(Cc4ccncc4)C[C@H]23)no1. The van der Waals surface area contributed by atoms with Crippen LogP contribution in [0.4, 0.5) is 0 Å². The lowest BCUT2D eigenvalue weighted by Crippen LogP contribution is -2.33. The Kier molecular flexibility index (Phi) is 4.20. The van der Waals surface area contributed by atoms with Gasteiger partial charge in [-0.3, -0.25) is 14.7 Å². The molecular weight excluding hydrogens is 352 g/mol. The molecule has 1 aromatic carbocycles. The van der Waals surface area contributed by atoms with E-state index in [0.29, 0.717) is 23.3 Å². The third-order valence-corrected chi connectivity index (χ3v) is 5.90. The van der Waals surface area contributed by atoms with Crippen LogP contribution in [0.25, 0.3) is 0 Å². The van der Waals surface area contributed by atoms with Crippen LogP contribution in [0.2, 0.25) is 0 Å². The average molecular weight is 374 g/mol. The van der Waals surface area contributed by atoms with Gasteiger partial charge < -0.3 is 9.84 Å². The Balaban J connectivity index is 1.39. The van der Waals surface area contributed by atoms with E-state index in [-0.39, 0.29) is 11.9 Å². The van der Waals surface area contributed by atoms with Crippen molar-refractivity contribution in [1.29, 1.82) is 0 Å². The molecule has 1 aliphatic heterocycles. The van der Waals surface area contributed by atoms with Gasteiger partial charge in [0.15, 0.2) is 5.69 Å². The lowest BCUT2D eigenvalue weighted by Gasteiger charge is -2.22. The van der Waals surface area contributed by atoms with E-state index >= 15 is 0 Å². The molecule has 1 saturated heterocycles. The van der Waals surface area contributed by atoms with Crippen LogP contribution in [0.3, 0.4) is 0 Å². The molecule has 0 radical (unpaired) electrons. The van der Waals surface area contributed by atoms with Gasteiger partial charge in [0, 0.05) is 49.9 Å². The number of carbonyl (C=O) groups excluding carboxylic acids is 1. The number of amides is 1. The Morgan fingerprint density at radius 3 is 2.71 bits per heavy atom. The molecule has 6 nitrogen and oxygen atoms in total. The number of rotatable bonds is 4. The fourth-order valence-corrected chi connectivity index (χ4v) is 4.69. The van der Waals surface area contributed by atoms with E-state index < -0.39 is 0 Å². The fraction of sp³-hybridized carbons (Fsp3) is 0.318. The third kappa shape index (κ3) is 2.99. The number of aromatic nitrogens is 2. The lowest BCUT2D eigenvalue weighted by molar-refractivity contribution is 0.0914. The van der Waals surface area contributed by atoms with Gasteiger partial charge in [-0.15, -0.1) is 0 Å². The van der Waals surface area contributed by atoms with E-state index in [0.717, 1.165) is 19.6 Å². The Hall–Kier alpha value is -2.99. The van der Waals surface area contributed by atoms with E-state index in [2.05, 4.69) is 50.7 Å². The van der Waals surface area contributed by atoms with Crippen molar-refractivity contribution in [2.24, 2.45) is 5.92 Å². The molecule has 0 bridgehead atoms. The summed E-state index contributed by atoms with van der Waals surface area (Å²) in [6, 6.07) is 14.3. The first-order valence-electron chi connectivity index (χ1n) is 9.63. The predicted octanol–water partition coefficient (Wildman–Crippen LogP) is 3.08. The van der Waals surface area contributed by atoms with Crippen molar-refractivity contribution < 1.29 is 9.32 Å². The number of pyridine rings is 1. The van der Waals surface area contributed by atoms with Crippen molar-refractivity contribution in [1.82, 2.24) is 20.4 Å². The van der Waals surface area contributed by atoms with Crippen LogP contribution in [0.1, 0.15) is 44.9 Å². The van der Waals surface area contributed by atoms with Crippen LogP contribution in [-0.2, 0) is 6.54 Å². The van der Waals surface area contributed by atoms with Gasteiger partial charge in [0.1, 0.15) is 5.76 Å². The van der Waals surface area contributed by atoms with Crippen LogP contribution in [-0.4, -0.2) is 34.0 Å². The number of hydrogen-bond acceptors (Lipinski definition) is 5. The minimum atomic E-state index is -0.176. The summed E-state index contributed by atoms with van der Waals surface area (Å²) >= 11 is 0. The normalized spacial score (nSPS) is 23.4. The van der Waals surface area contributed by atoms with E-state index in [9.17, 15) is 4.79 Å². The molecule has 1 N–H and O–H groups in total. The maximum absolute atomic E-state index is 12.7. The predicted molar refractivity (Wildman–Crippen MR) is 104 cm³/mol. The van der Waals surface area contributed by atoms with Gasteiger partial charge in [0.2, 0.25) is 0 Å². The highest BCUT2D eigenvalue weighted by Crippen LogP contribution is 2.49. The molecule has 0 spiro atoms. The first-order chi connectivity index (χ1) is 13.7. The number of carbonyl (C=O) groups is 1. The minimum absolute atomic E-state index is 0.00635. The molecule has 1 amide bonds. The molecule has 28 heavy (non-hydrogen) atoms. The summed E-state index contributed by atoms with van der Waals surface area (Å²) in [5.74, 6) is 1.25. The zero-order valence-electron chi connectivity index (χ0n) is 15.7. The van der Waals surface area contributed by atoms with Crippen LogP contribution < -0.4 is 5.32 Å². The summed E-state index contributed by atoms with van der Waals surface area (Å²) in [4.78, 5) is 19.3. The standard InChI is InChI=1S/C22H22N4O2/c1-14-10-20(25-28-14)22(27)24-21-17-5-3-2-4-16(17)18-12-26(13-19(18)21)11-15-6-8-23-9-7-15/h2-10,18-19,21H,11-13H2,1H3,(H,24,27)/t18-,19-,21+/m0/s1. The zero-order valence-corrected chi connectivity index (χ0v) is 15.7. The van der Waals surface area contributed by atoms with Crippen LogP contribution in [0.5, 0.6) is 0 Å². The van der Waals surface area contributed by atoms with Crippen molar-refractivity contribution in [2.45, 2.75) is 25.4 Å². The Bertz CT molecular complexity index is 1000. The second-order valence-electron chi connectivity index (χ2n) is 7.72. The molecular formula is C22H22N4O2. The minimum Gasteiger partial charge on any atom is -0.361 e. The Labute approximate surface area is 163 Å². The number of fused-ring (bicyclic) bond motifs is 3. The summed E-state index contributed by atoms with van der Waals surface area (Å²) in [6.45, 7) is 4.64. The molecule has 5 rings (SSSR count). The van der Waals surface area contributed by atoms with Crippen molar-refractivity contribution in [3.05, 3.63) is 83.0 Å². The van der Waals surface area contributed by atoms with Gasteiger partial charge >= 0.3 is 0 Å². The largest absolute Gasteiger partial charge is 0.361 e. The van der Waals surface area contributed by atoms with Gasteiger partial charge in [-0.2, -0.15) is 0 Å². The molecule has 0 saturated carbocycles. The smallest absolute Gasteiger partial charge is 0.273 e. The number of likely N-dealkylation sites (tertiary alicyclic amines) is 1. The summed E-state index contributed by atoms with van der Waals surface area (Å²) in [7, 11) is 0. The fourth-order valence-electron chi connectivity index (χ4n) is 4.69. The highest BCUT2D eigenvalue weighted by atomic mass is 16.5. The van der Waals surface area contributed by atoms with Crippen molar-refractivity contribution in [3.8, 4) is 0 Å². The second kappa shape index (κ2) is 6.87. The van der Waals surface area contributed by atoms with Gasteiger partial charge in [0.25, 0.3) is 5.91 Å². The highest BCUT2D eigenvalue weighted by Gasteiger charge is 2.46. The first kappa shape index (κ1) is 17.1. The lowest BCUT2D eigenvalue weighted by atomic mass is 9.94. The quantitative estimate of drug-likeness (QED) is 0.760. The van der Waals surface area contributed by atoms with Gasteiger partial charge in [-0.1, -0.05) is 29.4 Å². The van der Waals surface area contributed by atoms with Crippen molar-refractivity contribution in [3.63, 3.8) is 0 Å². The molecule has 2 aromatic heterocycles. The van der Waals surface area contributed by atoms with Crippen molar-refractivity contribution >= 4 is 5.91 Å². The molecule has 3 aromatic rings. The summed E-state index contributed by atoms with van der Waals surface area (Å²) < 4.78 is 5.07. The topological polar surface area (TPSA) is 71.3 Å². The second-order valence-corrected chi connectivity index (χ2v) is 7.72. The van der Waals surface area contributed by atoms with Gasteiger partial charge in [-0.25, -0.2) is 0 Å². The first-order valence-corrected chi connectivity index (χ1v) is 9.63. The van der Waals surface area contributed by atoms with E-state index in [1.54, 1.807) is 13.0 Å². The van der Waals surface area contributed by atoms with E-state index in [1.807, 2.05) is 18.5 Å². The number of hydrogen-bond donors (Lipinski definition) is 1. The molecule has 1 aliphatic carbocycles. The summed E-state index contributed by atoms with van der Waals surface area (Å²) in [5.41, 5.74) is 4.19. The maximum Gasteiger partial charge on any atom is 0.273 e. The summed E-state index contributed by atoms with van der Waals surface area (Å²) in [5, 5.41) is 7.09. The average Bonchev–Trinajstić information content (AvgIpc) is 3.39. The zero-order chi connectivity index (χ0) is 19.1. The summed E-state index contributed by atoms with van der Waals surface area (Å²) in [6.07, 6.45) is 3.68. The highest BCUT2D eigenvalue weighted by molar-refractivity contribution is 5.92. The molecule has 2 aliphatic rings. The Morgan fingerprint density at radius 1 is 1.18 bits per heavy atom. The molecule has 142 valence electrons. The van der Waals surface area contributed by atoms with E-state index in [1.165, 1.54) is 16.7 Å². The van der Waals surface area contributed by atoms with Crippen LogP contribution in [0.15, 0.2) is 59.4 Å². The Morgan fingerprint density at radius 2 is 1.96 bits per heavy atom. The molecule has 3 atom stereocenters. The molecule has 3 heterocycles. The number of benzene rings is 1. The molecule has 6 heteroatoms. The third-order valence-electron chi connectivity index (χ3n) is 5.90. The monoisotopic (exact) mass is 374 g/mol.